The molecule has 0 fully saturated rings. The van der Waals surface area contributed by atoms with Gasteiger partial charge in [0.2, 0.25) is 0 Å². The molecule has 2 heterocycles. The highest BCUT2D eigenvalue weighted by atomic mass is 79.9. The zero-order chi connectivity index (χ0) is 12.4. The second-order valence-corrected chi connectivity index (χ2v) is 5.15. The topological polar surface area (TPSA) is 25.4 Å². The highest BCUT2D eigenvalue weighted by molar-refractivity contribution is 9.10. The van der Waals surface area contributed by atoms with Gasteiger partial charge in [0, 0.05) is 23.4 Å². The number of nitrogens with zero attached hydrogens (tertiary/aromatic N) is 2. The molecule has 1 aliphatic rings. The smallest absolute Gasteiger partial charge is 0.142 e. The van der Waals surface area contributed by atoms with Gasteiger partial charge in [-0.3, -0.25) is 4.98 Å². The van der Waals surface area contributed by atoms with Crippen molar-refractivity contribution in [1.82, 2.24) is 4.98 Å². The van der Waals surface area contributed by atoms with E-state index in [1.54, 1.807) is 0 Å². The summed E-state index contributed by atoms with van der Waals surface area (Å²) in [5.74, 6) is 0.957. The van der Waals surface area contributed by atoms with E-state index < -0.39 is 0 Å². The van der Waals surface area contributed by atoms with Crippen molar-refractivity contribution in [2.24, 2.45) is 0 Å². The van der Waals surface area contributed by atoms with Crippen LogP contribution in [0.1, 0.15) is 5.56 Å². The molecule has 0 aliphatic carbocycles. The first-order valence-corrected chi connectivity index (χ1v) is 6.68. The Morgan fingerprint density at radius 3 is 2.89 bits per heavy atom. The molecule has 0 saturated heterocycles. The maximum Gasteiger partial charge on any atom is 0.142 e. The van der Waals surface area contributed by atoms with Gasteiger partial charge in [-0.25, -0.2) is 0 Å². The Hall–Kier alpha value is -1.55. The highest BCUT2D eigenvalue weighted by Crippen LogP contribution is 2.34. The van der Waals surface area contributed by atoms with Crippen LogP contribution in [0.3, 0.4) is 0 Å². The van der Waals surface area contributed by atoms with Gasteiger partial charge >= 0.3 is 0 Å². The lowest BCUT2D eigenvalue weighted by Gasteiger charge is -2.31. The van der Waals surface area contributed by atoms with Crippen molar-refractivity contribution in [3.05, 3.63) is 52.8 Å². The number of halogens is 1. The molecule has 0 saturated carbocycles. The molecule has 0 bridgehead atoms. The predicted molar refractivity (Wildman–Crippen MR) is 74.9 cm³/mol. The lowest BCUT2D eigenvalue weighted by Crippen LogP contribution is -2.32. The number of fused-ring (bicyclic) bond motifs is 1. The third-order valence-corrected chi connectivity index (χ3v) is 3.50. The Balaban J connectivity index is 1.89. The maximum absolute atomic E-state index is 5.67. The van der Waals surface area contributed by atoms with E-state index >= 15 is 0 Å². The molecule has 18 heavy (non-hydrogen) atoms. The Morgan fingerprint density at radius 1 is 1.22 bits per heavy atom. The van der Waals surface area contributed by atoms with Crippen molar-refractivity contribution in [2.75, 3.05) is 18.1 Å². The molecule has 1 aromatic heterocycles. The predicted octanol–water partition coefficient (Wildman–Crippen LogP) is 3.24. The Kier molecular flexibility index (Phi) is 3.19. The largest absolute Gasteiger partial charge is 0.490 e. The van der Waals surface area contributed by atoms with E-state index in [0.29, 0.717) is 0 Å². The SMILES string of the molecule is Brc1ccc2c(c1)N(Cc1ccncc1)CCO2. The first-order chi connectivity index (χ1) is 8.83. The van der Waals surface area contributed by atoms with Crippen molar-refractivity contribution in [1.29, 1.82) is 0 Å². The van der Waals surface area contributed by atoms with Gasteiger partial charge in [0.05, 0.1) is 12.2 Å². The standard InChI is InChI=1S/C14H13BrN2O/c15-12-1-2-14-13(9-12)17(7-8-18-14)10-11-3-5-16-6-4-11/h1-6,9H,7-8,10H2. The van der Waals surface area contributed by atoms with E-state index in [-0.39, 0.29) is 0 Å². The number of anilines is 1. The Morgan fingerprint density at radius 2 is 2.06 bits per heavy atom. The zero-order valence-electron chi connectivity index (χ0n) is 9.84. The van der Waals surface area contributed by atoms with Crippen molar-refractivity contribution >= 4 is 21.6 Å². The summed E-state index contributed by atoms with van der Waals surface area (Å²) in [6.07, 6.45) is 3.66. The van der Waals surface area contributed by atoms with Gasteiger partial charge in [-0.05, 0) is 35.9 Å². The monoisotopic (exact) mass is 304 g/mol. The summed E-state index contributed by atoms with van der Waals surface area (Å²) in [7, 11) is 0. The first kappa shape index (κ1) is 11.5. The fourth-order valence-corrected chi connectivity index (χ4v) is 2.47. The normalized spacial score (nSPS) is 13.9. The van der Waals surface area contributed by atoms with E-state index in [1.807, 2.05) is 36.7 Å². The number of hydrogen-bond acceptors (Lipinski definition) is 3. The van der Waals surface area contributed by atoms with E-state index in [1.165, 1.54) is 5.56 Å². The fraction of sp³-hybridized carbons (Fsp3) is 0.214. The van der Waals surface area contributed by atoms with Crippen LogP contribution < -0.4 is 9.64 Å². The third-order valence-electron chi connectivity index (χ3n) is 3.00. The minimum atomic E-state index is 0.736. The van der Waals surface area contributed by atoms with Crippen LogP contribution in [0.4, 0.5) is 5.69 Å². The van der Waals surface area contributed by atoms with Crippen molar-refractivity contribution in [2.45, 2.75) is 6.54 Å². The maximum atomic E-state index is 5.67. The van der Waals surface area contributed by atoms with Gasteiger partial charge in [-0.2, -0.15) is 0 Å². The van der Waals surface area contributed by atoms with Crippen LogP contribution >= 0.6 is 15.9 Å². The van der Waals surface area contributed by atoms with Gasteiger partial charge in [0.15, 0.2) is 0 Å². The molecular weight excluding hydrogens is 292 g/mol. The van der Waals surface area contributed by atoms with Crippen molar-refractivity contribution in [3.8, 4) is 5.75 Å². The molecule has 0 unspecified atom stereocenters. The van der Waals surface area contributed by atoms with Crippen LogP contribution in [0.2, 0.25) is 0 Å². The number of hydrogen-bond donors (Lipinski definition) is 0. The molecule has 2 aromatic rings. The average molecular weight is 305 g/mol. The Bertz CT molecular complexity index is 545. The average Bonchev–Trinajstić information content (AvgIpc) is 2.41. The van der Waals surface area contributed by atoms with Crippen molar-refractivity contribution < 1.29 is 4.74 Å². The summed E-state index contributed by atoms with van der Waals surface area (Å²) in [5.41, 5.74) is 2.41. The van der Waals surface area contributed by atoms with Crippen LogP contribution in [0.25, 0.3) is 0 Å². The van der Waals surface area contributed by atoms with Crippen LogP contribution in [-0.2, 0) is 6.54 Å². The number of ether oxygens (including phenoxy) is 1. The van der Waals surface area contributed by atoms with Crippen molar-refractivity contribution in [3.63, 3.8) is 0 Å². The molecular formula is C14H13BrN2O. The summed E-state index contributed by atoms with van der Waals surface area (Å²) in [5, 5.41) is 0. The van der Waals surface area contributed by atoms with E-state index in [0.717, 1.165) is 35.6 Å². The van der Waals surface area contributed by atoms with Gasteiger partial charge < -0.3 is 9.64 Å². The minimum Gasteiger partial charge on any atom is -0.490 e. The molecule has 1 aliphatic heterocycles. The molecule has 4 heteroatoms. The molecule has 92 valence electrons. The number of pyridine rings is 1. The quantitative estimate of drug-likeness (QED) is 0.851. The van der Waals surface area contributed by atoms with Crippen LogP contribution in [0.15, 0.2) is 47.2 Å². The fourth-order valence-electron chi connectivity index (χ4n) is 2.12. The summed E-state index contributed by atoms with van der Waals surface area (Å²) in [6.45, 7) is 2.53. The molecule has 0 spiro atoms. The molecule has 0 N–H and O–H groups in total. The molecule has 0 atom stereocenters. The van der Waals surface area contributed by atoms with Crippen LogP contribution in [0, 0.1) is 0 Å². The van der Waals surface area contributed by atoms with Gasteiger partial charge in [-0.15, -0.1) is 0 Å². The molecule has 3 nitrogen and oxygen atoms in total. The minimum absolute atomic E-state index is 0.736. The summed E-state index contributed by atoms with van der Waals surface area (Å²) in [4.78, 5) is 6.38. The summed E-state index contributed by atoms with van der Waals surface area (Å²) >= 11 is 3.51. The lowest BCUT2D eigenvalue weighted by atomic mass is 10.2. The number of benzene rings is 1. The number of aromatic nitrogens is 1. The third kappa shape index (κ3) is 2.34. The second kappa shape index (κ2) is 4.98. The molecule has 1 aromatic carbocycles. The van der Waals surface area contributed by atoms with Crippen LogP contribution in [-0.4, -0.2) is 18.1 Å². The number of rotatable bonds is 2. The van der Waals surface area contributed by atoms with E-state index in [4.69, 9.17) is 4.74 Å². The van der Waals surface area contributed by atoms with E-state index in [2.05, 4.69) is 31.9 Å². The van der Waals surface area contributed by atoms with Crippen LogP contribution in [0.5, 0.6) is 5.75 Å². The molecule has 3 rings (SSSR count). The lowest BCUT2D eigenvalue weighted by molar-refractivity contribution is 0.307. The first-order valence-electron chi connectivity index (χ1n) is 5.89. The summed E-state index contributed by atoms with van der Waals surface area (Å²) < 4.78 is 6.75. The van der Waals surface area contributed by atoms with E-state index in [9.17, 15) is 0 Å². The highest BCUT2D eigenvalue weighted by Gasteiger charge is 2.18. The molecule has 0 amide bonds. The summed E-state index contributed by atoms with van der Waals surface area (Å²) in [6, 6.07) is 10.2. The van der Waals surface area contributed by atoms with Gasteiger partial charge in [0.25, 0.3) is 0 Å². The molecule has 0 radical (unpaired) electrons. The van der Waals surface area contributed by atoms with Gasteiger partial charge in [-0.1, -0.05) is 15.9 Å². The second-order valence-electron chi connectivity index (χ2n) is 4.24. The van der Waals surface area contributed by atoms with Gasteiger partial charge in [0.1, 0.15) is 12.4 Å². The zero-order valence-corrected chi connectivity index (χ0v) is 11.4. The Labute approximate surface area is 115 Å².